The Hall–Kier alpha value is -1.21. The highest BCUT2D eigenvalue weighted by Crippen LogP contribution is 2.28. The van der Waals surface area contributed by atoms with Gasteiger partial charge in [-0.1, -0.05) is 25.0 Å². The number of nitrogens with zero attached hydrogens (tertiary/aromatic N) is 1. The molecule has 0 spiro atoms. The molecule has 1 aromatic rings. The molecule has 1 aliphatic carbocycles. The van der Waals surface area contributed by atoms with E-state index in [0.717, 1.165) is 16.6 Å². The predicted molar refractivity (Wildman–Crippen MR) is 110 cm³/mol. The number of hydrogen-bond donors (Lipinski definition) is 1. The van der Waals surface area contributed by atoms with Gasteiger partial charge < -0.3 is 5.32 Å². The Morgan fingerprint density at radius 2 is 2.04 bits per heavy atom. The van der Waals surface area contributed by atoms with Crippen LogP contribution in [0.1, 0.15) is 44.1 Å². The molecule has 1 fully saturated rings. The number of aryl methyl sites for hydroxylation is 1. The number of hydrogen-bond acceptors (Lipinski definition) is 4. The normalized spacial score (nSPS) is 15.2. The van der Waals surface area contributed by atoms with E-state index in [4.69, 9.17) is 0 Å². The van der Waals surface area contributed by atoms with Crippen molar-refractivity contribution in [3.63, 3.8) is 0 Å². The second-order valence-corrected chi connectivity index (χ2v) is 10.2. The van der Waals surface area contributed by atoms with Gasteiger partial charge >= 0.3 is 0 Å². The third kappa shape index (κ3) is 7.19. The lowest BCUT2D eigenvalue weighted by Gasteiger charge is -2.22. The summed E-state index contributed by atoms with van der Waals surface area (Å²) in [5, 5.41) is 3.71. The number of carbonyl (C=O) groups excluding carboxylic acids is 1. The Kier molecular flexibility index (Phi) is 8.28. The van der Waals surface area contributed by atoms with Gasteiger partial charge in [-0.05, 0) is 43.9 Å². The molecule has 26 heavy (non-hydrogen) atoms. The van der Waals surface area contributed by atoms with E-state index in [9.17, 15) is 13.2 Å². The predicted octanol–water partition coefficient (Wildman–Crippen LogP) is 3.33. The summed E-state index contributed by atoms with van der Waals surface area (Å²) in [6.45, 7) is 2.93. The number of benzene rings is 1. The van der Waals surface area contributed by atoms with Crippen molar-refractivity contribution in [1.82, 2.24) is 5.32 Å². The molecule has 0 bridgehead atoms. The first kappa shape index (κ1) is 21.1. The third-order valence-corrected chi connectivity index (χ3v) is 7.11. The van der Waals surface area contributed by atoms with Gasteiger partial charge in [0, 0.05) is 30.5 Å². The van der Waals surface area contributed by atoms with Crippen LogP contribution in [0.3, 0.4) is 0 Å². The summed E-state index contributed by atoms with van der Waals surface area (Å²) in [5.74, 6) is 0.949. The van der Waals surface area contributed by atoms with Crippen molar-refractivity contribution >= 4 is 33.4 Å². The molecular weight excluding hydrogens is 368 g/mol. The summed E-state index contributed by atoms with van der Waals surface area (Å²) in [6.07, 6.45) is 7.32. The number of rotatable bonds is 10. The Morgan fingerprint density at radius 1 is 1.31 bits per heavy atom. The molecule has 0 atom stereocenters. The minimum atomic E-state index is -3.36. The first-order chi connectivity index (χ1) is 12.4. The zero-order valence-electron chi connectivity index (χ0n) is 15.7. The number of thioether (sulfide) groups is 1. The third-order valence-electron chi connectivity index (χ3n) is 4.53. The summed E-state index contributed by atoms with van der Waals surface area (Å²) in [6, 6.07) is 7.41. The summed E-state index contributed by atoms with van der Waals surface area (Å²) >= 11 is 1.95. The SMILES string of the molecule is Cc1cccc(N(CCCC(=O)NCCSC2CCCC2)S(C)(=O)=O)c1. The number of nitrogens with one attached hydrogen (secondary N) is 1. The number of sulfonamides is 1. The highest BCUT2D eigenvalue weighted by molar-refractivity contribution is 7.99. The van der Waals surface area contributed by atoms with E-state index in [1.54, 1.807) is 6.07 Å². The molecule has 1 aromatic carbocycles. The van der Waals surface area contributed by atoms with E-state index in [1.807, 2.05) is 36.9 Å². The average molecular weight is 399 g/mol. The van der Waals surface area contributed by atoms with E-state index in [2.05, 4.69) is 5.32 Å². The molecule has 1 N–H and O–H groups in total. The first-order valence-electron chi connectivity index (χ1n) is 9.29. The van der Waals surface area contributed by atoms with Gasteiger partial charge in [0.25, 0.3) is 0 Å². The van der Waals surface area contributed by atoms with Crippen LogP contribution in [0.5, 0.6) is 0 Å². The Balaban J connectivity index is 1.72. The monoisotopic (exact) mass is 398 g/mol. The second kappa shape index (κ2) is 10.2. The van der Waals surface area contributed by atoms with E-state index >= 15 is 0 Å². The standard InChI is InChI=1S/C19H30N2O3S2/c1-16-7-5-8-17(15-16)21(26(2,23)24)13-6-11-19(22)20-12-14-25-18-9-3-4-10-18/h5,7-8,15,18H,3-4,6,9-14H2,1-2H3,(H,20,22). The van der Waals surface area contributed by atoms with E-state index in [0.29, 0.717) is 31.6 Å². The molecule has 7 heteroatoms. The molecule has 0 aliphatic heterocycles. The van der Waals surface area contributed by atoms with Crippen LogP contribution in [-0.4, -0.2) is 44.7 Å². The van der Waals surface area contributed by atoms with Crippen molar-refractivity contribution in [1.29, 1.82) is 0 Å². The number of anilines is 1. The van der Waals surface area contributed by atoms with Gasteiger partial charge in [-0.3, -0.25) is 9.10 Å². The fourth-order valence-electron chi connectivity index (χ4n) is 3.21. The molecular formula is C19H30N2O3S2. The molecule has 0 saturated heterocycles. The maximum absolute atomic E-state index is 12.1. The van der Waals surface area contributed by atoms with Crippen LogP contribution in [0.15, 0.2) is 24.3 Å². The molecule has 1 saturated carbocycles. The van der Waals surface area contributed by atoms with Crippen LogP contribution in [-0.2, 0) is 14.8 Å². The van der Waals surface area contributed by atoms with Crippen molar-refractivity contribution in [2.24, 2.45) is 0 Å². The lowest BCUT2D eigenvalue weighted by atomic mass is 10.2. The topological polar surface area (TPSA) is 66.5 Å². The second-order valence-electron chi connectivity index (χ2n) is 6.90. The van der Waals surface area contributed by atoms with Crippen LogP contribution in [0.4, 0.5) is 5.69 Å². The summed E-state index contributed by atoms with van der Waals surface area (Å²) < 4.78 is 25.5. The van der Waals surface area contributed by atoms with Gasteiger partial charge in [0.2, 0.25) is 15.9 Å². The number of amides is 1. The minimum absolute atomic E-state index is 0.00489. The lowest BCUT2D eigenvalue weighted by molar-refractivity contribution is -0.121. The highest BCUT2D eigenvalue weighted by Gasteiger charge is 2.18. The van der Waals surface area contributed by atoms with Crippen LogP contribution < -0.4 is 9.62 Å². The zero-order chi connectivity index (χ0) is 19.0. The Bertz CT molecular complexity index is 686. The summed E-state index contributed by atoms with van der Waals surface area (Å²) in [4.78, 5) is 12.0. The van der Waals surface area contributed by atoms with Gasteiger partial charge in [-0.15, -0.1) is 0 Å². The lowest BCUT2D eigenvalue weighted by Crippen LogP contribution is -2.32. The largest absolute Gasteiger partial charge is 0.355 e. The molecule has 0 radical (unpaired) electrons. The maximum Gasteiger partial charge on any atom is 0.232 e. The van der Waals surface area contributed by atoms with Crippen LogP contribution in [0, 0.1) is 6.92 Å². The fourth-order valence-corrected chi connectivity index (χ4v) is 5.39. The smallest absolute Gasteiger partial charge is 0.232 e. The molecule has 0 unspecified atom stereocenters. The summed E-state index contributed by atoms with van der Waals surface area (Å²) in [7, 11) is -3.36. The molecule has 1 amide bonds. The Labute approximate surface area is 162 Å². The fraction of sp³-hybridized carbons (Fsp3) is 0.632. The van der Waals surface area contributed by atoms with Crippen LogP contribution in [0.25, 0.3) is 0 Å². The summed E-state index contributed by atoms with van der Waals surface area (Å²) in [5.41, 5.74) is 1.66. The van der Waals surface area contributed by atoms with Gasteiger partial charge in [0.1, 0.15) is 0 Å². The van der Waals surface area contributed by atoms with Crippen LogP contribution >= 0.6 is 11.8 Å². The molecule has 0 heterocycles. The van der Waals surface area contributed by atoms with Crippen molar-refractivity contribution in [3.05, 3.63) is 29.8 Å². The molecule has 1 aliphatic rings. The quantitative estimate of drug-likeness (QED) is 0.614. The van der Waals surface area contributed by atoms with Crippen molar-refractivity contribution < 1.29 is 13.2 Å². The molecule has 2 rings (SSSR count). The van der Waals surface area contributed by atoms with E-state index in [-0.39, 0.29) is 5.91 Å². The van der Waals surface area contributed by atoms with Crippen molar-refractivity contribution in [2.75, 3.05) is 29.4 Å². The minimum Gasteiger partial charge on any atom is -0.355 e. The van der Waals surface area contributed by atoms with Crippen molar-refractivity contribution in [3.8, 4) is 0 Å². The van der Waals surface area contributed by atoms with Gasteiger partial charge in [0.05, 0.1) is 11.9 Å². The Morgan fingerprint density at radius 3 is 2.69 bits per heavy atom. The van der Waals surface area contributed by atoms with E-state index < -0.39 is 10.0 Å². The molecule has 5 nitrogen and oxygen atoms in total. The van der Waals surface area contributed by atoms with Gasteiger partial charge in [-0.25, -0.2) is 8.42 Å². The van der Waals surface area contributed by atoms with Crippen LogP contribution in [0.2, 0.25) is 0 Å². The zero-order valence-corrected chi connectivity index (χ0v) is 17.4. The van der Waals surface area contributed by atoms with Gasteiger partial charge in [-0.2, -0.15) is 11.8 Å². The molecule has 0 aromatic heterocycles. The van der Waals surface area contributed by atoms with Gasteiger partial charge in [0.15, 0.2) is 0 Å². The molecule has 146 valence electrons. The van der Waals surface area contributed by atoms with Crippen molar-refractivity contribution in [2.45, 2.75) is 50.7 Å². The van der Waals surface area contributed by atoms with E-state index in [1.165, 1.54) is 36.2 Å². The number of carbonyl (C=O) groups is 1. The maximum atomic E-state index is 12.1. The average Bonchev–Trinajstić information content (AvgIpc) is 3.08. The first-order valence-corrected chi connectivity index (χ1v) is 12.2. The highest BCUT2D eigenvalue weighted by atomic mass is 32.2.